The number of nitrogens with zero attached hydrogens (tertiary/aromatic N) is 2. The fraction of sp³-hybridized carbons (Fsp3) is 0.800. The van der Waals surface area contributed by atoms with E-state index >= 15 is 0 Å². The first-order chi connectivity index (χ1) is 7.95. The van der Waals surface area contributed by atoms with Crippen molar-refractivity contribution in [2.45, 2.75) is 12.8 Å². The van der Waals surface area contributed by atoms with E-state index in [4.69, 9.17) is 0 Å². The minimum absolute atomic E-state index is 0.898. The number of hydrogen-bond donors (Lipinski definition) is 4. The molecule has 4 N–H and O–H groups in total. The van der Waals surface area contributed by atoms with Crippen LogP contribution in [-0.2, 0) is 0 Å². The normalized spacial score (nSPS) is 18.5. The van der Waals surface area contributed by atoms with Gasteiger partial charge in [0.15, 0.2) is 11.9 Å². The summed E-state index contributed by atoms with van der Waals surface area (Å²) >= 11 is 0. The number of rotatable bonds is 5. The van der Waals surface area contributed by atoms with Crippen molar-refractivity contribution in [2.24, 2.45) is 9.98 Å². The third kappa shape index (κ3) is 3.60. The van der Waals surface area contributed by atoms with E-state index in [1.807, 2.05) is 0 Å². The molecule has 16 heavy (non-hydrogen) atoms. The van der Waals surface area contributed by atoms with Crippen LogP contribution in [-0.4, -0.2) is 51.2 Å². The van der Waals surface area contributed by atoms with Gasteiger partial charge in [0.1, 0.15) is 0 Å². The molecule has 0 aliphatic carbocycles. The molecule has 90 valence electrons. The van der Waals surface area contributed by atoms with Crippen LogP contribution < -0.4 is 21.3 Å². The molecule has 2 rings (SSSR count). The summed E-state index contributed by atoms with van der Waals surface area (Å²) in [6.45, 7) is 5.69. The van der Waals surface area contributed by atoms with Gasteiger partial charge in [0.05, 0.1) is 13.1 Å². The Kier molecular flexibility index (Phi) is 4.27. The van der Waals surface area contributed by atoms with Crippen LogP contribution in [0.1, 0.15) is 12.8 Å². The Balaban J connectivity index is 1.43. The quantitative estimate of drug-likeness (QED) is 0.446. The Hall–Kier alpha value is -1.46. The molecule has 0 aromatic heterocycles. The first-order valence-corrected chi connectivity index (χ1v) is 5.99. The first-order valence-electron chi connectivity index (χ1n) is 5.99. The van der Waals surface area contributed by atoms with Crippen LogP contribution in [0.15, 0.2) is 9.98 Å². The maximum atomic E-state index is 4.27. The summed E-state index contributed by atoms with van der Waals surface area (Å²) in [4.78, 5) is 8.53. The molecule has 0 bridgehead atoms. The van der Waals surface area contributed by atoms with E-state index < -0.39 is 0 Å². The molecule has 6 heteroatoms. The molecule has 0 atom stereocenters. The van der Waals surface area contributed by atoms with Gasteiger partial charge >= 0.3 is 0 Å². The molecule has 0 radical (unpaired) electrons. The van der Waals surface area contributed by atoms with E-state index in [2.05, 4.69) is 31.3 Å². The Morgan fingerprint density at radius 1 is 0.875 bits per heavy atom. The summed E-state index contributed by atoms with van der Waals surface area (Å²) in [5, 5.41) is 12.9. The van der Waals surface area contributed by atoms with Crippen LogP contribution in [0.3, 0.4) is 0 Å². The molecule has 0 aromatic rings. The maximum absolute atomic E-state index is 4.27. The molecule has 0 fully saturated rings. The zero-order chi connectivity index (χ0) is 11.1. The van der Waals surface area contributed by atoms with Gasteiger partial charge in [0.25, 0.3) is 0 Å². The van der Waals surface area contributed by atoms with Crippen molar-refractivity contribution in [3.05, 3.63) is 0 Å². The largest absolute Gasteiger partial charge is 0.356 e. The number of aliphatic imine (C=N–C) groups is 2. The van der Waals surface area contributed by atoms with Crippen LogP contribution in [0.2, 0.25) is 0 Å². The minimum atomic E-state index is 0.898. The van der Waals surface area contributed by atoms with Gasteiger partial charge in [-0.3, -0.25) is 9.98 Å². The predicted molar refractivity (Wildman–Crippen MR) is 65.8 cm³/mol. The van der Waals surface area contributed by atoms with Crippen LogP contribution in [0, 0.1) is 0 Å². The third-order valence-electron chi connectivity index (χ3n) is 2.54. The summed E-state index contributed by atoms with van der Waals surface area (Å²) in [5.41, 5.74) is 0. The average Bonchev–Trinajstić information content (AvgIpc) is 2.96. The molecule has 6 nitrogen and oxygen atoms in total. The molecule has 0 saturated carbocycles. The highest BCUT2D eigenvalue weighted by atomic mass is 15.2. The van der Waals surface area contributed by atoms with Gasteiger partial charge in [-0.1, -0.05) is 0 Å². The van der Waals surface area contributed by atoms with E-state index in [9.17, 15) is 0 Å². The van der Waals surface area contributed by atoms with Gasteiger partial charge in [0, 0.05) is 26.2 Å². The number of nitrogens with one attached hydrogen (secondary N) is 4. The van der Waals surface area contributed by atoms with E-state index in [-0.39, 0.29) is 0 Å². The second kappa shape index (κ2) is 6.19. The fourth-order valence-electron chi connectivity index (χ4n) is 1.70. The molecule has 0 saturated heterocycles. The first kappa shape index (κ1) is 11.0. The summed E-state index contributed by atoms with van der Waals surface area (Å²) in [5.74, 6) is 1.91. The molecule has 0 unspecified atom stereocenters. The molecule has 0 spiro atoms. The van der Waals surface area contributed by atoms with Crippen molar-refractivity contribution in [2.75, 3.05) is 39.3 Å². The monoisotopic (exact) mass is 224 g/mol. The lowest BCUT2D eigenvalue weighted by Gasteiger charge is -2.08. The third-order valence-corrected chi connectivity index (χ3v) is 2.54. The molecule has 2 aliphatic rings. The van der Waals surface area contributed by atoms with Crippen LogP contribution in [0.4, 0.5) is 0 Å². The van der Waals surface area contributed by atoms with Crippen molar-refractivity contribution in [1.82, 2.24) is 21.3 Å². The molecule has 2 aliphatic heterocycles. The van der Waals surface area contributed by atoms with Gasteiger partial charge in [-0.25, -0.2) is 0 Å². The lowest BCUT2D eigenvalue weighted by atomic mass is 10.3. The van der Waals surface area contributed by atoms with Gasteiger partial charge in [-0.15, -0.1) is 0 Å². The van der Waals surface area contributed by atoms with Crippen molar-refractivity contribution < 1.29 is 0 Å². The Morgan fingerprint density at radius 2 is 1.38 bits per heavy atom. The number of guanidine groups is 2. The van der Waals surface area contributed by atoms with Crippen molar-refractivity contribution in [3.8, 4) is 0 Å². The van der Waals surface area contributed by atoms with Crippen LogP contribution in [0.25, 0.3) is 0 Å². The Morgan fingerprint density at radius 3 is 1.75 bits per heavy atom. The minimum Gasteiger partial charge on any atom is -0.356 e. The molecular formula is C10H20N6. The summed E-state index contributed by atoms with van der Waals surface area (Å²) in [6, 6.07) is 0. The molecule has 2 heterocycles. The van der Waals surface area contributed by atoms with E-state index in [1.165, 1.54) is 0 Å². The molecule has 0 amide bonds. The topological polar surface area (TPSA) is 72.8 Å². The maximum Gasteiger partial charge on any atom is 0.191 e. The van der Waals surface area contributed by atoms with Crippen molar-refractivity contribution in [1.29, 1.82) is 0 Å². The average molecular weight is 224 g/mol. The lowest BCUT2D eigenvalue weighted by molar-refractivity contribution is 0.681. The highest BCUT2D eigenvalue weighted by Gasteiger charge is 2.03. The van der Waals surface area contributed by atoms with E-state index in [1.54, 1.807) is 0 Å². The highest BCUT2D eigenvalue weighted by molar-refractivity contribution is 5.81. The zero-order valence-corrected chi connectivity index (χ0v) is 9.55. The van der Waals surface area contributed by atoms with Crippen LogP contribution >= 0.6 is 0 Å². The van der Waals surface area contributed by atoms with E-state index in [0.29, 0.717) is 0 Å². The smallest absolute Gasteiger partial charge is 0.191 e. The summed E-state index contributed by atoms with van der Waals surface area (Å²) in [7, 11) is 0. The summed E-state index contributed by atoms with van der Waals surface area (Å²) < 4.78 is 0. The SMILES string of the molecule is C(CCNC1=NCCN1)CNC1=NCCN1. The van der Waals surface area contributed by atoms with E-state index in [0.717, 1.165) is 64.0 Å². The number of unbranched alkanes of at least 4 members (excludes halogenated alkanes) is 1. The highest BCUT2D eigenvalue weighted by Crippen LogP contribution is 1.88. The second-order valence-electron chi connectivity index (χ2n) is 3.87. The Labute approximate surface area is 96.0 Å². The molecule has 0 aromatic carbocycles. The zero-order valence-electron chi connectivity index (χ0n) is 9.55. The van der Waals surface area contributed by atoms with Gasteiger partial charge < -0.3 is 21.3 Å². The van der Waals surface area contributed by atoms with Crippen LogP contribution in [0.5, 0.6) is 0 Å². The second-order valence-corrected chi connectivity index (χ2v) is 3.87. The fourth-order valence-corrected chi connectivity index (χ4v) is 1.70. The van der Waals surface area contributed by atoms with Crippen molar-refractivity contribution in [3.63, 3.8) is 0 Å². The molecular weight excluding hydrogens is 204 g/mol. The predicted octanol–water partition coefficient (Wildman–Crippen LogP) is -1.14. The van der Waals surface area contributed by atoms with Gasteiger partial charge in [0.2, 0.25) is 0 Å². The van der Waals surface area contributed by atoms with Crippen molar-refractivity contribution >= 4 is 11.9 Å². The Bertz CT molecular complexity index is 244. The van der Waals surface area contributed by atoms with Gasteiger partial charge in [-0.2, -0.15) is 0 Å². The number of hydrogen-bond acceptors (Lipinski definition) is 6. The lowest BCUT2D eigenvalue weighted by Crippen LogP contribution is -2.36. The standard InChI is InChI=1S/C10H20N6/c1(3-11-9-13-5-6-14-9)2-4-12-10-15-7-8-16-10/h1-8H2,(H2,11,13,14)(H2,12,15,16). The van der Waals surface area contributed by atoms with Gasteiger partial charge in [-0.05, 0) is 12.8 Å². The summed E-state index contributed by atoms with van der Waals surface area (Å²) in [6.07, 6.45) is 2.28.